The highest BCUT2D eigenvalue weighted by molar-refractivity contribution is 7.20. The van der Waals surface area contributed by atoms with E-state index in [1.807, 2.05) is 60.7 Å². The lowest BCUT2D eigenvalue weighted by molar-refractivity contribution is 0.0600. The number of fused-ring (bicyclic) bond motifs is 1. The van der Waals surface area contributed by atoms with Crippen molar-refractivity contribution in [1.82, 2.24) is 0 Å². The number of anilines is 1. The van der Waals surface area contributed by atoms with E-state index < -0.39 is 5.97 Å². The molecule has 0 spiro atoms. The fourth-order valence-electron chi connectivity index (χ4n) is 3.05. The smallest absolute Gasteiger partial charge is 0.337 e. The van der Waals surface area contributed by atoms with Crippen LogP contribution in [0.15, 0.2) is 78.9 Å². The maximum atomic E-state index is 12.8. The summed E-state index contributed by atoms with van der Waals surface area (Å²) in [4.78, 5) is 25.3. The molecule has 0 aliphatic rings. The molecule has 3 aromatic carbocycles. The van der Waals surface area contributed by atoms with Crippen molar-refractivity contribution in [3.63, 3.8) is 0 Å². The number of benzene rings is 3. The summed E-state index contributed by atoms with van der Waals surface area (Å²) in [7, 11) is 1.36. The van der Waals surface area contributed by atoms with Gasteiger partial charge in [0.2, 0.25) is 0 Å². The van der Waals surface area contributed by atoms with Crippen LogP contribution in [0.1, 0.15) is 20.0 Å². The van der Waals surface area contributed by atoms with E-state index in [4.69, 9.17) is 4.74 Å². The van der Waals surface area contributed by atoms with Crippen molar-refractivity contribution in [2.24, 2.45) is 0 Å². The third-order valence-electron chi connectivity index (χ3n) is 4.42. The molecule has 1 aromatic heterocycles. The molecule has 0 bridgehead atoms. The second-order valence-electron chi connectivity index (χ2n) is 6.22. The minimum Gasteiger partial charge on any atom is -0.465 e. The molecule has 0 saturated carbocycles. The van der Waals surface area contributed by atoms with Crippen LogP contribution in [0.5, 0.6) is 0 Å². The summed E-state index contributed by atoms with van der Waals surface area (Å²) in [5, 5.41) is 4.06. The van der Waals surface area contributed by atoms with Gasteiger partial charge in [-0.25, -0.2) is 4.79 Å². The molecule has 0 fully saturated rings. The Morgan fingerprint density at radius 3 is 2.50 bits per heavy atom. The van der Waals surface area contributed by atoms with Crippen LogP contribution in [0.2, 0.25) is 0 Å². The Hall–Kier alpha value is -3.44. The van der Waals surface area contributed by atoms with Gasteiger partial charge in [0.1, 0.15) is 0 Å². The number of thiophene rings is 1. The van der Waals surface area contributed by atoms with E-state index in [-0.39, 0.29) is 5.91 Å². The van der Waals surface area contributed by atoms with Gasteiger partial charge >= 0.3 is 5.97 Å². The summed E-state index contributed by atoms with van der Waals surface area (Å²) in [6.45, 7) is 0. The van der Waals surface area contributed by atoms with Crippen LogP contribution in [-0.4, -0.2) is 19.0 Å². The number of esters is 1. The summed E-state index contributed by atoms with van der Waals surface area (Å²) >= 11 is 1.46. The quantitative estimate of drug-likeness (QED) is 0.463. The zero-order valence-corrected chi connectivity index (χ0v) is 16.0. The van der Waals surface area contributed by atoms with Gasteiger partial charge in [0.15, 0.2) is 0 Å². The Kier molecular flexibility index (Phi) is 4.91. The Bertz CT molecular complexity index is 1150. The molecule has 5 heteroatoms. The molecule has 0 saturated heterocycles. The van der Waals surface area contributed by atoms with Gasteiger partial charge in [-0.15, -0.1) is 11.3 Å². The number of para-hydroxylation sites is 1. The number of methoxy groups -OCH3 is 1. The molecule has 0 aliphatic heterocycles. The summed E-state index contributed by atoms with van der Waals surface area (Å²) in [5.41, 5.74) is 2.82. The third kappa shape index (κ3) is 3.52. The number of hydrogen-bond donors (Lipinski definition) is 1. The predicted octanol–water partition coefficient (Wildman–Crippen LogP) is 5.61. The summed E-state index contributed by atoms with van der Waals surface area (Å²) in [6, 6.07) is 24.5. The Balaban J connectivity index is 1.66. The van der Waals surface area contributed by atoms with E-state index in [1.165, 1.54) is 18.4 Å². The van der Waals surface area contributed by atoms with Crippen molar-refractivity contribution in [2.75, 3.05) is 12.4 Å². The minimum absolute atomic E-state index is 0.155. The summed E-state index contributed by atoms with van der Waals surface area (Å²) in [5.74, 6) is -0.550. The van der Waals surface area contributed by atoms with Gasteiger partial charge in [0.25, 0.3) is 5.91 Å². The number of hydrogen-bond acceptors (Lipinski definition) is 4. The normalized spacial score (nSPS) is 10.6. The van der Waals surface area contributed by atoms with Crippen molar-refractivity contribution in [3.8, 4) is 11.1 Å². The van der Waals surface area contributed by atoms with E-state index in [0.717, 1.165) is 21.2 Å². The van der Waals surface area contributed by atoms with Crippen molar-refractivity contribution in [2.45, 2.75) is 0 Å². The number of carbonyl (C=O) groups is 2. The maximum Gasteiger partial charge on any atom is 0.337 e. The molecule has 0 atom stereocenters. The standard InChI is InChI=1S/C23H17NO3S/c1-27-23(26)17-9-6-8-15(13-17)18-10-3-4-11-19(18)24-22(25)21-14-16-7-2-5-12-20(16)28-21/h2-14H,1H3,(H,24,25). The lowest BCUT2D eigenvalue weighted by Crippen LogP contribution is -2.11. The van der Waals surface area contributed by atoms with Gasteiger partial charge in [-0.2, -0.15) is 0 Å². The molecular formula is C23H17NO3S. The van der Waals surface area contributed by atoms with Crippen molar-refractivity contribution in [1.29, 1.82) is 0 Å². The highest BCUT2D eigenvalue weighted by Gasteiger charge is 2.14. The zero-order valence-electron chi connectivity index (χ0n) is 15.1. The van der Waals surface area contributed by atoms with Crippen LogP contribution < -0.4 is 5.32 Å². The van der Waals surface area contributed by atoms with Gasteiger partial charge in [0, 0.05) is 16.0 Å². The molecule has 4 rings (SSSR count). The number of amides is 1. The second kappa shape index (κ2) is 7.66. The number of rotatable bonds is 4. The van der Waals surface area contributed by atoms with E-state index in [2.05, 4.69) is 5.32 Å². The molecule has 0 aliphatic carbocycles. The van der Waals surface area contributed by atoms with Gasteiger partial charge in [-0.3, -0.25) is 4.79 Å². The molecular weight excluding hydrogens is 370 g/mol. The van der Waals surface area contributed by atoms with Crippen LogP contribution in [0.25, 0.3) is 21.2 Å². The molecule has 0 unspecified atom stereocenters. The molecule has 28 heavy (non-hydrogen) atoms. The topological polar surface area (TPSA) is 55.4 Å². The first kappa shape index (κ1) is 17.9. The van der Waals surface area contributed by atoms with Crippen LogP contribution in [0, 0.1) is 0 Å². The molecule has 1 heterocycles. The second-order valence-corrected chi connectivity index (χ2v) is 7.30. The van der Waals surface area contributed by atoms with Crippen LogP contribution in [0.3, 0.4) is 0 Å². The van der Waals surface area contributed by atoms with Gasteiger partial charge in [-0.05, 0) is 41.3 Å². The number of ether oxygens (including phenoxy) is 1. The first-order valence-corrected chi connectivity index (χ1v) is 9.55. The SMILES string of the molecule is COC(=O)c1cccc(-c2ccccc2NC(=O)c2cc3ccccc3s2)c1. The maximum absolute atomic E-state index is 12.8. The lowest BCUT2D eigenvalue weighted by Gasteiger charge is -2.11. The number of carbonyl (C=O) groups excluding carboxylic acids is 2. The van der Waals surface area contributed by atoms with E-state index in [9.17, 15) is 9.59 Å². The van der Waals surface area contributed by atoms with Crippen LogP contribution >= 0.6 is 11.3 Å². The summed E-state index contributed by atoms with van der Waals surface area (Å²) in [6.07, 6.45) is 0. The van der Waals surface area contributed by atoms with Gasteiger partial charge < -0.3 is 10.1 Å². The third-order valence-corrected chi connectivity index (χ3v) is 5.53. The van der Waals surface area contributed by atoms with Gasteiger partial charge in [0.05, 0.1) is 17.6 Å². The molecule has 1 N–H and O–H groups in total. The fourth-order valence-corrected chi connectivity index (χ4v) is 4.01. The number of nitrogens with one attached hydrogen (secondary N) is 1. The first-order valence-electron chi connectivity index (χ1n) is 8.73. The molecule has 138 valence electrons. The zero-order chi connectivity index (χ0) is 19.5. The first-order chi connectivity index (χ1) is 13.7. The highest BCUT2D eigenvalue weighted by Crippen LogP contribution is 2.31. The van der Waals surface area contributed by atoms with E-state index in [0.29, 0.717) is 16.1 Å². The molecule has 1 amide bonds. The molecule has 4 nitrogen and oxygen atoms in total. The molecule has 0 radical (unpaired) electrons. The average Bonchev–Trinajstić information content (AvgIpc) is 3.18. The Morgan fingerprint density at radius 2 is 1.68 bits per heavy atom. The van der Waals surface area contributed by atoms with E-state index in [1.54, 1.807) is 18.2 Å². The largest absolute Gasteiger partial charge is 0.465 e. The Morgan fingerprint density at radius 1 is 0.893 bits per heavy atom. The van der Waals surface area contributed by atoms with Crippen molar-refractivity contribution >= 4 is 39.0 Å². The van der Waals surface area contributed by atoms with Gasteiger partial charge in [-0.1, -0.05) is 48.5 Å². The lowest BCUT2D eigenvalue weighted by atomic mass is 10.0. The van der Waals surface area contributed by atoms with Crippen LogP contribution in [0.4, 0.5) is 5.69 Å². The van der Waals surface area contributed by atoms with Crippen molar-refractivity contribution < 1.29 is 14.3 Å². The van der Waals surface area contributed by atoms with E-state index >= 15 is 0 Å². The van der Waals surface area contributed by atoms with Crippen molar-refractivity contribution in [3.05, 3.63) is 89.3 Å². The Labute approximate surface area is 166 Å². The fraction of sp³-hybridized carbons (Fsp3) is 0.0435. The average molecular weight is 387 g/mol. The van der Waals surface area contributed by atoms with Crippen LogP contribution in [-0.2, 0) is 4.74 Å². The minimum atomic E-state index is -0.395. The predicted molar refractivity (Wildman–Crippen MR) is 113 cm³/mol. The monoisotopic (exact) mass is 387 g/mol. The molecule has 4 aromatic rings. The highest BCUT2D eigenvalue weighted by atomic mass is 32.1. The summed E-state index contributed by atoms with van der Waals surface area (Å²) < 4.78 is 5.88.